The van der Waals surface area contributed by atoms with E-state index in [0.29, 0.717) is 13.0 Å². The molecule has 4 heteroatoms. The molecule has 0 aliphatic carbocycles. The van der Waals surface area contributed by atoms with Gasteiger partial charge in [0.25, 0.3) is 0 Å². The number of hydrogen-bond acceptors (Lipinski definition) is 3. The van der Waals surface area contributed by atoms with Gasteiger partial charge in [-0.15, -0.1) is 0 Å². The molecular weight excluding hydrogens is 158 g/mol. The summed E-state index contributed by atoms with van der Waals surface area (Å²) in [6.07, 6.45) is 0.400. The second-order valence-corrected chi connectivity index (χ2v) is 3.76. The van der Waals surface area contributed by atoms with Crippen LogP contribution in [0.5, 0.6) is 0 Å². The predicted octanol–water partition coefficient (Wildman–Crippen LogP) is -0.0838. The van der Waals surface area contributed by atoms with E-state index in [-0.39, 0.29) is 12.5 Å². The van der Waals surface area contributed by atoms with Crippen molar-refractivity contribution in [2.24, 2.45) is 0 Å². The Bertz CT molecular complexity index is 183. The molecule has 0 spiro atoms. The van der Waals surface area contributed by atoms with Gasteiger partial charge >= 0.3 is 5.97 Å². The molecule has 1 saturated heterocycles. The number of carbonyl (C=O) groups is 1. The van der Waals surface area contributed by atoms with Gasteiger partial charge in [-0.25, -0.2) is 0 Å². The Labute approximate surface area is 71.8 Å². The van der Waals surface area contributed by atoms with Gasteiger partial charge in [0.1, 0.15) is 0 Å². The summed E-state index contributed by atoms with van der Waals surface area (Å²) in [5, 5.41) is 18.3. The smallest absolute Gasteiger partial charge is 0.306 e. The number of aliphatic hydroxyl groups is 1. The van der Waals surface area contributed by atoms with Crippen molar-refractivity contribution in [3.8, 4) is 0 Å². The van der Waals surface area contributed by atoms with Crippen LogP contribution in [0.4, 0.5) is 0 Å². The van der Waals surface area contributed by atoms with Crippen LogP contribution in [0.1, 0.15) is 19.8 Å². The SMILES string of the molecule is CC1CC(O)(CC(=O)O)CN1C. The number of nitrogens with zero attached hydrogens (tertiary/aromatic N) is 1. The second kappa shape index (κ2) is 3.03. The highest BCUT2D eigenvalue weighted by molar-refractivity contribution is 5.68. The highest BCUT2D eigenvalue weighted by Gasteiger charge is 2.40. The van der Waals surface area contributed by atoms with Gasteiger partial charge in [0.05, 0.1) is 12.0 Å². The number of β-amino-alcohol motifs (C(OH)–C–C–N with tert-alkyl or cyclic N) is 1. The Morgan fingerprint density at radius 3 is 2.67 bits per heavy atom. The summed E-state index contributed by atoms with van der Waals surface area (Å²) in [5.41, 5.74) is -1.01. The van der Waals surface area contributed by atoms with Gasteiger partial charge in [0, 0.05) is 12.6 Å². The fourth-order valence-corrected chi connectivity index (χ4v) is 1.80. The molecule has 0 amide bonds. The third-order valence-corrected chi connectivity index (χ3v) is 2.45. The number of rotatable bonds is 2. The van der Waals surface area contributed by atoms with Crippen molar-refractivity contribution >= 4 is 5.97 Å². The Balaban J connectivity index is 2.57. The summed E-state index contributed by atoms with van der Waals surface area (Å²) in [6.45, 7) is 2.44. The number of likely N-dealkylation sites (tertiary alicyclic amines) is 1. The van der Waals surface area contributed by atoms with E-state index in [1.165, 1.54) is 0 Å². The van der Waals surface area contributed by atoms with Gasteiger partial charge in [0.2, 0.25) is 0 Å². The Hall–Kier alpha value is -0.610. The normalized spacial score (nSPS) is 37.1. The van der Waals surface area contributed by atoms with Crippen LogP contribution in [-0.2, 0) is 4.79 Å². The maximum atomic E-state index is 10.4. The maximum Gasteiger partial charge on any atom is 0.306 e. The summed E-state index contributed by atoms with van der Waals surface area (Å²) in [7, 11) is 1.89. The minimum atomic E-state index is -1.01. The first-order valence-corrected chi connectivity index (χ1v) is 4.07. The lowest BCUT2D eigenvalue weighted by Crippen LogP contribution is -2.34. The standard InChI is InChI=1S/C8H15NO3/c1-6-3-8(12,4-7(10)11)5-9(6)2/h6,12H,3-5H2,1-2H3,(H,10,11). The molecule has 0 bridgehead atoms. The highest BCUT2D eigenvalue weighted by Crippen LogP contribution is 2.28. The van der Waals surface area contributed by atoms with Crippen molar-refractivity contribution in [3.05, 3.63) is 0 Å². The monoisotopic (exact) mass is 173 g/mol. The summed E-state index contributed by atoms with van der Waals surface area (Å²) >= 11 is 0. The van der Waals surface area contributed by atoms with Crippen LogP contribution in [0.25, 0.3) is 0 Å². The van der Waals surface area contributed by atoms with Gasteiger partial charge in [-0.2, -0.15) is 0 Å². The molecular formula is C8H15NO3. The van der Waals surface area contributed by atoms with E-state index in [0.717, 1.165) is 0 Å². The minimum Gasteiger partial charge on any atom is -0.481 e. The average Bonchev–Trinajstić information content (AvgIpc) is 2.04. The molecule has 0 aromatic heterocycles. The predicted molar refractivity (Wildman–Crippen MR) is 43.9 cm³/mol. The summed E-state index contributed by atoms with van der Waals surface area (Å²) in [6, 6.07) is 0.273. The Morgan fingerprint density at radius 2 is 2.33 bits per heavy atom. The van der Waals surface area contributed by atoms with E-state index in [2.05, 4.69) is 0 Å². The molecule has 2 N–H and O–H groups in total. The number of hydrogen-bond donors (Lipinski definition) is 2. The molecule has 1 aliphatic rings. The van der Waals surface area contributed by atoms with Crippen molar-refractivity contribution in [2.45, 2.75) is 31.4 Å². The Morgan fingerprint density at radius 1 is 1.75 bits per heavy atom. The van der Waals surface area contributed by atoms with Crippen molar-refractivity contribution in [1.82, 2.24) is 4.90 Å². The molecule has 12 heavy (non-hydrogen) atoms. The first-order valence-electron chi connectivity index (χ1n) is 4.07. The number of likely N-dealkylation sites (N-methyl/N-ethyl adjacent to an activating group) is 1. The van der Waals surface area contributed by atoms with E-state index in [1.807, 2.05) is 18.9 Å². The van der Waals surface area contributed by atoms with Crippen LogP contribution < -0.4 is 0 Å². The largest absolute Gasteiger partial charge is 0.481 e. The maximum absolute atomic E-state index is 10.4. The number of carboxylic acid groups (broad SMARTS) is 1. The zero-order valence-electron chi connectivity index (χ0n) is 7.45. The first-order chi connectivity index (χ1) is 5.43. The van der Waals surface area contributed by atoms with Gasteiger partial charge < -0.3 is 15.1 Å². The molecule has 1 heterocycles. The minimum absolute atomic E-state index is 0.151. The van der Waals surface area contributed by atoms with Crippen LogP contribution in [-0.4, -0.2) is 46.3 Å². The topological polar surface area (TPSA) is 60.8 Å². The molecule has 70 valence electrons. The zero-order chi connectivity index (χ0) is 9.35. The fourth-order valence-electron chi connectivity index (χ4n) is 1.80. The van der Waals surface area contributed by atoms with Crippen LogP contribution in [0, 0.1) is 0 Å². The van der Waals surface area contributed by atoms with Crippen molar-refractivity contribution < 1.29 is 15.0 Å². The first kappa shape index (κ1) is 9.48. The molecule has 0 aromatic rings. The number of aliphatic carboxylic acids is 1. The van der Waals surface area contributed by atoms with Gasteiger partial charge in [-0.3, -0.25) is 4.79 Å². The van der Waals surface area contributed by atoms with E-state index >= 15 is 0 Å². The molecule has 1 rings (SSSR count). The van der Waals surface area contributed by atoms with Crippen LogP contribution in [0.15, 0.2) is 0 Å². The molecule has 0 saturated carbocycles. The van der Waals surface area contributed by atoms with Crippen LogP contribution >= 0.6 is 0 Å². The third kappa shape index (κ3) is 1.95. The summed E-state index contributed by atoms with van der Waals surface area (Å²) < 4.78 is 0. The van der Waals surface area contributed by atoms with Crippen molar-refractivity contribution in [1.29, 1.82) is 0 Å². The lowest BCUT2D eigenvalue weighted by Gasteiger charge is -2.19. The van der Waals surface area contributed by atoms with E-state index in [1.54, 1.807) is 0 Å². The molecule has 2 atom stereocenters. The lowest BCUT2D eigenvalue weighted by atomic mass is 9.97. The third-order valence-electron chi connectivity index (χ3n) is 2.45. The Kier molecular flexibility index (Phi) is 2.39. The molecule has 1 aliphatic heterocycles. The fraction of sp³-hybridized carbons (Fsp3) is 0.875. The summed E-state index contributed by atoms with van der Waals surface area (Å²) in [5.74, 6) is -0.931. The molecule has 4 nitrogen and oxygen atoms in total. The number of carboxylic acids is 1. The molecule has 0 radical (unpaired) electrons. The van der Waals surface area contributed by atoms with Gasteiger partial charge in [-0.05, 0) is 20.4 Å². The molecule has 1 fully saturated rings. The van der Waals surface area contributed by atoms with E-state index in [4.69, 9.17) is 5.11 Å². The molecule has 2 unspecified atom stereocenters. The van der Waals surface area contributed by atoms with Crippen molar-refractivity contribution in [2.75, 3.05) is 13.6 Å². The van der Waals surface area contributed by atoms with Crippen LogP contribution in [0.2, 0.25) is 0 Å². The van der Waals surface area contributed by atoms with Gasteiger partial charge in [0.15, 0.2) is 0 Å². The van der Waals surface area contributed by atoms with Crippen molar-refractivity contribution in [3.63, 3.8) is 0 Å². The average molecular weight is 173 g/mol. The van der Waals surface area contributed by atoms with Gasteiger partial charge in [-0.1, -0.05) is 0 Å². The highest BCUT2D eigenvalue weighted by atomic mass is 16.4. The lowest BCUT2D eigenvalue weighted by molar-refractivity contribution is -0.142. The van der Waals surface area contributed by atoms with Crippen LogP contribution in [0.3, 0.4) is 0 Å². The second-order valence-electron chi connectivity index (χ2n) is 3.76. The van der Waals surface area contributed by atoms with E-state index < -0.39 is 11.6 Å². The molecule has 0 aromatic carbocycles. The van der Waals surface area contributed by atoms with E-state index in [9.17, 15) is 9.90 Å². The zero-order valence-corrected chi connectivity index (χ0v) is 7.45. The quantitative estimate of drug-likeness (QED) is 0.613. The summed E-state index contributed by atoms with van der Waals surface area (Å²) in [4.78, 5) is 12.4.